The summed E-state index contributed by atoms with van der Waals surface area (Å²) in [7, 11) is 0. The molecule has 0 aromatic carbocycles. The standard InChI is InChI=1S/C22H28N4O3/c1-14-9-18(11-25-21(14)22(27)28)29-20(13-26-8-7-23-15(2)12-26)19-6-5-17(10-24-19)16-3-4-16/h5-6,9-11,15-16,20,23H,3-4,7-8,12-13H2,1-2H3,(H,27,28)/t15-,20?/m1/s1. The van der Waals surface area contributed by atoms with Crippen LogP contribution in [0, 0.1) is 6.92 Å². The van der Waals surface area contributed by atoms with E-state index in [1.165, 1.54) is 24.6 Å². The largest absolute Gasteiger partial charge is 0.481 e. The molecule has 1 saturated carbocycles. The third kappa shape index (κ3) is 4.92. The van der Waals surface area contributed by atoms with E-state index in [1.54, 1.807) is 13.0 Å². The second-order valence-corrected chi connectivity index (χ2v) is 8.15. The molecule has 3 heterocycles. The Bertz CT molecular complexity index is 867. The van der Waals surface area contributed by atoms with E-state index in [4.69, 9.17) is 9.72 Å². The number of carbonyl (C=O) groups is 1. The number of aryl methyl sites for hydroxylation is 1. The Morgan fingerprint density at radius 3 is 2.79 bits per heavy atom. The Morgan fingerprint density at radius 2 is 2.17 bits per heavy atom. The van der Waals surface area contributed by atoms with Crippen molar-refractivity contribution in [3.05, 3.63) is 53.1 Å². The molecule has 2 fully saturated rings. The van der Waals surface area contributed by atoms with E-state index in [-0.39, 0.29) is 11.8 Å². The summed E-state index contributed by atoms with van der Waals surface area (Å²) in [6, 6.07) is 6.40. The first kappa shape index (κ1) is 19.8. The molecule has 0 spiro atoms. The first-order valence-electron chi connectivity index (χ1n) is 10.3. The van der Waals surface area contributed by atoms with Crippen LogP contribution in [-0.4, -0.2) is 58.2 Å². The first-order chi connectivity index (χ1) is 14.0. The van der Waals surface area contributed by atoms with Crippen molar-refractivity contribution in [2.75, 3.05) is 26.2 Å². The third-order valence-corrected chi connectivity index (χ3v) is 5.60. The molecule has 2 aromatic heterocycles. The molecule has 1 aliphatic carbocycles. The SMILES string of the molecule is Cc1cc(OC(CN2CCN[C@H](C)C2)c2ccc(C3CC3)cn2)cnc1C(=O)O. The molecule has 4 rings (SSSR count). The van der Waals surface area contributed by atoms with Crippen LogP contribution in [0.1, 0.15) is 59.1 Å². The highest BCUT2D eigenvalue weighted by molar-refractivity contribution is 5.87. The van der Waals surface area contributed by atoms with Gasteiger partial charge >= 0.3 is 5.97 Å². The molecule has 29 heavy (non-hydrogen) atoms. The summed E-state index contributed by atoms with van der Waals surface area (Å²) < 4.78 is 6.29. The fourth-order valence-corrected chi connectivity index (χ4v) is 3.87. The monoisotopic (exact) mass is 396 g/mol. The average molecular weight is 396 g/mol. The Morgan fingerprint density at radius 1 is 1.34 bits per heavy atom. The normalized spacial score (nSPS) is 21.0. The molecular weight excluding hydrogens is 368 g/mol. The van der Waals surface area contributed by atoms with Crippen LogP contribution in [0.5, 0.6) is 5.75 Å². The number of aromatic carboxylic acids is 1. The van der Waals surface area contributed by atoms with Crippen LogP contribution in [0.4, 0.5) is 0 Å². The van der Waals surface area contributed by atoms with Crippen LogP contribution in [-0.2, 0) is 0 Å². The van der Waals surface area contributed by atoms with Crippen molar-refractivity contribution in [1.29, 1.82) is 0 Å². The predicted molar refractivity (Wildman–Crippen MR) is 109 cm³/mol. The fourth-order valence-electron chi connectivity index (χ4n) is 3.87. The van der Waals surface area contributed by atoms with Crippen LogP contribution >= 0.6 is 0 Å². The van der Waals surface area contributed by atoms with E-state index < -0.39 is 5.97 Å². The van der Waals surface area contributed by atoms with E-state index in [1.807, 2.05) is 6.20 Å². The summed E-state index contributed by atoms with van der Waals surface area (Å²) >= 11 is 0. The highest BCUT2D eigenvalue weighted by Crippen LogP contribution is 2.39. The summed E-state index contributed by atoms with van der Waals surface area (Å²) in [4.78, 5) is 22.4. The molecule has 7 nitrogen and oxygen atoms in total. The van der Waals surface area contributed by atoms with Crippen LogP contribution in [0.3, 0.4) is 0 Å². The highest BCUT2D eigenvalue weighted by atomic mass is 16.5. The molecule has 2 aliphatic rings. The van der Waals surface area contributed by atoms with E-state index in [0.29, 0.717) is 23.3 Å². The van der Waals surface area contributed by atoms with Crippen LogP contribution in [0.2, 0.25) is 0 Å². The number of pyridine rings is 2. The van der Waals surface area contributed by atoms with Crippen molar-refractivity contribution >= 4 is 5.97 Å². The van der Waals surface area contributed by atoms with Crippen LogP contribution < -0.4 is 10.1 Å². The Balaban J connectivity index is 1.55. The Labute approximate surface area is 171 Å². The highest BCUT2D eigenvalue weighted by Gasteiger charge is 2.26. The van der Waals surface area contributed by atoms with Gasteiger partial charge < -0.3 is 15.2 Å². The lowest BCUT2D eigenvalue weighted by Gasteiger charge is -2.34. The molecule has 2 N–H and O–H groups in total. The second-order valence-electron chi connectivity index (χ2n) is 8.15. The average Bonchev–Trinajstić information content (AvgIpc) is 3.53. The summed E-state index contributed by atoms with van der Waals surface area (Å²) in [5.74, 6) is 0.201. The Hall–Kier alpha value is -2.51. The number of carboxylic acid groups (broad SMARTS) is 1. The fraction of sp³-hybridized carbons (Fsp3) is 0.500. The minimum atomic E-state index is -1.03. The van der Waals surface area contributed by atoms with Crippen molar-refractivity contribution in [3.8, 4) is 5.75 Å². The van der Waals surface area contributed by atoms with Gasteiger partial charge in [0.1, 0.15) is 5.75 Å². The maximum Gasteiger partial charge on any atom is 0.354 e. The number of ether oxygens (including phenoxy) is 1. The predicted octanol–water partition coefficient (Wildman–Crippen LogP) is 2.77. The van der Waals surface area contributed by atoms with Gasteiger partial charge in [-0.25, -0.2) is 9.78 Å². The van der Waals surface area contributed by atoms with Crippen molar-refractivity contribution in [2.24, 2.45) is 0 Å². The summed E-state index contributed by atoms with van der Waals surface area (Å²) in [6.45, 7) is 7.51. The van der Waals surface area contributed by atoms with E-state index in [9.17, 15) is 9.90 Å². The summed E-state index contributed by atoms with van der Waals surface area (Å²) in [5.41, 5.74) is 2.82. The lowest BCUT2D eigenvalue weighted by molar-refractivity contribution is 0.0689. The number of aromatic nitrogens is 2. The number of hydrogen-bond acceptors (Lipinski definition) is 6. The van der Waals surface area contributed by atoms with Crippen molar-refractivity contribution in [1.82, 2.24) is 20.2 Å². The Kier molecular flexibility index (Phi) is 5.78. The van der Waals surface area contributed by atoms with Crippen molar-refractivity contribution < 1.29 is 14.6 Å². The van der Waals surface area contributed by atoms with Gasteiger partial charge in [0.15, 0.2) is 11.8 Å². The van der Waals surface area contributed by atoms with Gasteiger partial charge in [0.05, 0.1) is 11.9 Å². The zero-order valence-corrected chi connectivity index (χ0v) is 17.0. The lowest BCUT2D eigenvalue weighted by atomic mass is 10.1. The second kappa shape index (κ2) is 8.47. The van der Waals surface area contributed by atoms with Crippen LogP contribution in [0.25, 0.3) is 0 Å². The van der Waals surface area contributed by atoms with E-state index >= 15 is 0 Å². The molecule has 1 aliphatic heterocycles. The maximum absolute atomic E-state index is 11.2. The first-order valence-corrected chi connectivity index (χ1v) is 10.3. The van der Waals surface area contributed by atoms with Crippen molar-refractivity contribution in [2.45, 2.75) is 44.8 Å². The van der Waals surface area contributed by atoms with Gasteiger partial charge in [-0.05, 0) is 55.9 Å². The van der Waals surface area contributed by atoms with Gasteiger partial charge in [-0.2, -0.15) is 0 Å². The van der Waals surface area contributed by atoms with E-state index in [0.717, 1.165) is 31.9 Å². The number of piperazine rings is 1. The van der Waals surface area contributed by atoms with Gasteiger partial charge in [-0.3, -0.25) is 9.88 Å². The minimum Gasteiger partial charge on any atom is -0.481 e. The maximum atomic E-state index is 11.2. The van der Waals surface area contributed by atoms with Gasteiger partial charge in [0.25, 0.3) is 0 Å². The number of rotatable bonds is 7. The number of carboxylic acids is 1. The smallest absolute Gasteiger partial charge is 0.354 e. The van der Waals surface area contributed by atoms with Gasteiger partial charge in [0, 0.05) is 38.4 Å². The molecule has 2 atom stereocenters. The van der Waals surface area contributed by atoms with Crippen LogP contribution in [0.15, 0.2) is 30.6 Å². The molecule has 2 aromatic rings. The lowest BCUT2D eigenvalue weighted by Crippen LogP contribution is -2.50. The topological polar surface area (TPSA) is 87.6 Å². The molecule has 1 unspecified atom stereocenters. The zero-order valence-electron chi connectivity index (χ0n) is 17.0. The molecule has 0 radical (unpaired) electrons. The molecule has 0 bridgehead atoms. The minimum absolute atomic E-state index is 0.0525. The molecule has 7 heteroatoms. The van der Waals surface area contributed by atoms with Crippen molar-refractivity contribution in [3.63, 3.8) is 0 Å². The van der Waals surface area contributed by atoms with Gasteiger partial charge in [-0.15, -0.1) is 0 Å². The molecular formula is C22H28N4O3. The zero-order chi connectivity index (χ0) is 20.4. The summed E-state index contributed by atoms with van der Waals surface area (Å²) in [6.07, 6.45) is 5.72. The number of nitrogens with zero attached hydrogens (tertiary/aromatic N) is 3. The number of hydrogen-bond donors (Lipinski definition) is 2. The molecule has 0 amide bonds. The number of nitrogens with one attached hydrogen (secondary N) is 1. The van der Waals surface area contributed by atoms with E-state index in [2.05, 4.69) is 34.3 Å². The van der Waals surface area contributed by atoms with Gasteiger partial charge in [0.2, 0.25) is 0 Å². The molecule has 1 saturated heterocycles. The quantitative estimate of drug-likeness (QED) is 0.744. The van der Waals surface area contributed by atoms with Gasteiger partial charge in [-0.1, -0.05) is 6.07 Å². The molecule has 154 valence electrons. The summed E-state index contributed by atoms with van der Waals surface area (Å²) in [5, 5.41) is 12.7. The third-order valence-electron chi connectivity index (χ3n) is 5.60.